The maximum Gasteiger partial charge on any atom is 0.136 e. The van der Waals surface area contributed by atoms with Crippen molar-refractivity contribution in [3.05, 3.63) is 254 Å². The summed E-state index contributed by atoms with van der Waals surface area (Å²) in [7, 11) is 0. The van der Waals surface area contributed by atoms with Crippen molar-refractivity contribution in [1.82, 2.24) is 18.3 Å². The van der Waals surface area contributed by atoms with Gasteiger partial charge in [0, 0.05) is 69.3 Å². The molecule has 0 N–H and O–H groups in total. The minimum atomic E-state index is 0.412. The minimum absolute atomic E-state index is 0.412. The predicted molar refractivity (Wildman–Crippen MR) is 339 cm³/mol. The van der Waals surface area contributed by atoms with E-state index in [1.165, 1.54) is 0 Å². The molecule has 0 spiro atoms. The van der Waals surface area contributed by atoms with E-state index in [9.17, 15) is 10.5 Å². The summed E-state index contributed by atoms with van der Waals surface area (Å²) in [6.07, 6.45) is 0. The summed E-state index contributed by atoms with van der Waals surface area (Å²) >= 11 is 1.76. The van der Waals surface area contributed by atoms with Gasteiger partial charge in [0.2, 0.25) is 0 Å². The molecular formula is C74H40N6OS. The summed E-state index contributed by atoms with van der Waals surface area (Å²) in [5, 5.41) is 38.5. The van der Waals surface area contributed by atoms with Crippen LogP contribution in [0.15, 0.2) is 247 Å². The number of benzene rings is 12. The topological polar surface area (TPSA) is 80.4 Å². The monoisotopic (exact) mass is 1060 g/mol. The number of hydrogen-bond donors (Lipinski definition) is 0. The first-order valence-electron chi connectivity index (χ1n) is 27.5. The summed E-state index contributed by atoms with van der Waals surface area (Å²) < 4.78 is 17.9. The minimum Gasteiger partial charge on any atom is -0.456 e. The molecule has 0 fully saturated rings. The lowest BCUT2D eigenvalue weighted by Gasteiger charge is -2.27. The highest BCUT2D eigenvalue weighted by Crippen LogP contribution is 2.51. The molecule has 0 radical (unpaired) electrons. The summed E-state index contributed by atoms with van der Waals surface area (Å²) in [4.78, 5) is 0. The number of para-hydroxylation sites is 7. The lowest BCUT2D eigenvalue weighted by atomic mass is 9.97. The smallest absolute Gasteiger partial charge is 0.136 e. The predicted octanol–water partition coefficient (Wildman–Crippen LogP) is 19.8. The Morgan fingerprint density at radius 3 is 1.22 bits per heavy atom. The van der Waals surface area contributed by atoms with Crippen molar-refractivity contribution in [2.75, 3.05) is 0 Å². The lowest BCUT2D eigenvalue weighted by molar-refractivity contribution is 0.669. The van der Waals surface area contributed by atoms with E-state index in [0.29, 0.717) is 33.9 Å². The molecule has 0 unspecified atom stereocenters. The Morgan fingerprint density at radius 2 is 0.720 bits per heavy atom. The molecule has 82 heavy (non-hydrogen) atoms. The van der Waals surface area contributed by atoms with Gasteiger partial charge >= 0.3 is 0 Å². The van der Waals surface area contributed by atoms with Gasteiger partial charge in [-0.25, -0.2) is 0 Å². The van der Waals surface area contributed by atoms with Crippen molar-refractivity contribution in [2.24, 2.45) is 0 Å². The summed E-state index contributed by atoms with van der Waals surface area (Å²) in [5.41, 5.74) is 14.4. The fourth-order valence-corrected chi connectivity index (χ4v) is 15.2. The first-order valence-corrected chi connectivity index (χ1v) is 28.3. The van der Waals surface area contributed by atoms with Crippen molar-refractivity contribution in [3.8, 4) is 46.0 Å². The van der Waals surface area contributed by atoms with Crippen molar-refractivity contribution in [2.45, 2.75) is 0 Å². The number of nitrogens with zero attached hydrogens (tertiary/aromatic N) is 6. The van der Waals surface area contributed by atoms with Gasteiger partial charge in [-0.05, 0) is 77.9 Å². The molecule has 0 saturated carbocycles. The molecule has 6 heterocycles. The molecule has 8 heteroatoms. The molecular weight excluding hydrogens is 1020 g/mol. The zero-order chi connectivity index (χ0) is 53.9. The third-order valence-electron chi connectivity index (χ3n) is 17.2. The molecule has 0 atom stereocenters. The Labute approximate surface area is 471 Å². The van der Waals surface area contributed by atoms with Gasteiger partial charge < -0.3 is 22.7 Å². The quantitative estimate of drug-likeness (QED) is 0.172. The Hall–Kier alpha value is -11.2. The standard InChI is InChI=1S/C74H40N6OS/c75-41-56-69(77-58-27-9-1-18-45(58)46-19-2-10-28-59(46)77)70(78-60-29-11-3-20-47(60)48-21-4-12-30-61(48)78)57(42-76)72(71(56)79-62-31-13-5-22-49(62)50-23-6-14-32-63(50)79)80-64-39-36-43(44-26-17-34-66-68(44)54-25-7-15-33-65(54)81-66)40-55(64)52-37-38-53-51-24-8-16-35-67(51)82-74(53)73(52)80/h1-40H. The van der Waals surface area contributed by atoms with Gasteiger partial charge in [-0.1, -0.05) is 176 Å². The van der Waals surface area contributed by atoms with Crippen LogP contribution in [-0.2, 0) is 0 Å². The van der Waals surface area contributed by atoms with Crippen LogP contribution in [0, 0.1) is 22.7 Å². The van der Waals surface area contributed by atoms with Gasteiger partial charge in [0.05, 0.1) is 71.6 Å². The molecule has 18 rings (SSSR count). The van der Waals surface area contributed by atoms with E-state index in [4.69, 9.17) is 4.42 Å². The van der Waals surface area contributed by atoms with E-state index in [-0.39, 0.29) is 0 Å². The van der Waals surface area contributed by atoms with Crippen LogP contribution in [-0.4, -0.2) is 18.3 Å². The van der Waals surface area contributed by atoms with Crippen molar-refractivity contribution in [3.63, 3.8) is 0 Å². The SMILES string of the molecule is N#Cc1c(-n2c3ccccc3c3ccccc32)c(-n2c3ccccc3c3ccccc32)c(C#N)c(-n2c3ccc(-c4cccc5oc6ccccc6c45)cc3c3ccc4c5ccccc5sc4c32)c1-n1c2ccccc2c2ccccc21. The van der Waals surface area contributed by atoms with Gasteiger partial charge in [0.15, 0.2) is 0 Å². The van der Waals surface area contributed by atoms with E-state index < -0.39 is 0 Å². The van der Waals surface area contributed by atoms with Crippen LogP contribution < -0.4 is 0 Å². The van der Waals surface area contributed by atoms with E-state index in [1.807, 2.05) is 18.2 Å². The van der Waals surface area contributed by atoms with Crippen LogP contribution in [0.5, 0.6) is 0 Å². The van der Waals surface area contributed by atoms with Gasteiger partial charge in [0.25, 0.3) is 0 Å². The van der Waals surface area contributed by atoms with Crippen molar-refractivity contribution >= 4 is 141 Å². The molecule has 0 bridgehead atoms. The van der Waals surface area contributed by atoms with Gasteiger partial charge in [-0.2, -0.15) is 10.5 Å². The van der Waals surface area contributed by atoms with E-state index in [0.717, 1.165) is 140 Å². The van der Waals surface area contributed by atoms with Crippen molar-refractivity contribution < 1.29 is 4.42 Å². The number of furan rings is 1. The number of nitriles is 2. The number of aromatic nitrogens is 4. The third kappa shape index (κ3) is 5.84. The molecule has 12 aromatic carbocycles. The fourth-order valence-electron chi connectivity index (χ4n) is 14.0. The summed E-state index contributed by atoms with van der Waals surface area (Å²) in [5.74, 6) is 0. The molecule has 0 aliphatic heterocycles. The van der Waals surface area contributed by atoms with E-state index >= 15 is 0 Å². The summed E-state index contributed by atoms with van der Waals surface area (Å²) in [6, 6.07) is 91.2. The average Bonchev–Trinajstić information content (AvgIpc) is 2.10. The second-order valence-electron chi connectivity index (χ2n) is 21.3. The Bertz CT molecular complexity index is 5780. The number of fused-ring (bicyclic) bond motifs is 19. The number of thiophene rings is 1. The van der Waals surface area contributed by atoms with Gasteiger partial charge in [-0.15, -0.1) is 11.3 Å². The van der Waals surface area contributed by atoms with Crippen LogP contribution in [0.4, 0.5) is 0 Å². The molecule has 7 nitrogen and oxygen atoms in total. The molecule has 0 saturated heterocycles. The Morgan fingerprint density at radius 1 is 0.317 bits per heavy atom. The fraction of sp³-hybridized carbons (Fsp3) is 0. The maximum absolute atomic E-state index is 12.9. The van der Waals surface area contributed by atoms with Gasteiger partial charge in [0.1, 0.15) is 34.4 Å². The van der Waals surface area contributed by atoms with E-state index in [2.05, 4.69) is 255 Å². The highest BCUT2D eigenvalue weighted by Gasteiger charge is 2.35. The highest BCUT2D eigenvalue weighted by atomic mass is 32.1. The van der Waals surface area contributed by atoms with Crippen LogP contribution in [0.25, 0.3) is 163 Å². The number of rotatable bonds is 5. The highest BCUT2D eigenvalue weighted by molar-refractivity contribution is 7.26. The molecule has 18 aromatic rings. The van der Waals surface area contributed by atoms with Crippen LogP contribution in [0.1, 0.15) is 11.1 Å². The third-order valence-corrected chi connectivity index (χ3v) is 18.4. The zero-order valence-corrected chi connectivity index (χ0v) is 44.4. The lowest BCUT2D eigenvalue weighted by Crippen LogP contribution is -2.16. The zero-order valence-electron chi connectivity index (χ0n) is 43.6. The second-order valence-corrected chi connectivity index (χ2v) is 22.3. The van der Waals surface area contributed by atoms with Crippen LogP contribution in [0.2, 0.25) is 0 Å². The molecule has 0 aliphatic carbocycles. The first-order chi connectivity index (χ1) is 40.7. The van der Waals surface area contributed by atoms with Crippen LogP contribution in [0.3, 0.4) is 0 Å². The Kier molecular flexibility index (Phi) is 9.11. The van der Waals surface area contributed by atoms with Crippen LogP contribution >= 0.6 is 11.3 Å². The second kappa shape index (κ2) is 16.7. The maximum atomic E-state index is 12.9. The molecule has 378 valence electrons. The van der Waals surface area contributed by atoms with Crippen molar-refractivity contribution in [1.29, 1.82) is 10.5 Å². The van der Waals surface area contributed by atoms with Gasteiger partial charge in [-0.3, -0.25) is 0 Å². The number of hydrogen-bond acceptors (Lipinski definition) is 4. The summed E-state index contributed by atoms with van der Waals surface area (Å²) in [6.45, 7) is 0. The normalized spacial score (nSPS) is 12.1. The Balaban J connectivity index is 1.12. The molecule has 0 aliphatic rings. The average molecular weight is 1060 g/mol. The largest absolute Gasteiger partial charge is 0.456 e. The first kappa shape index (κ1) is 44.8. The molecule has 0 amide bonds. The van der Waals surface area contributed by atoms with E-state index in [1.54, 1.807) is 11.3 Å². The molecule has 6 aromatic heterocycles.